The lowest BCUT2D eigenvalue weighted by molar-refractivity contribution is -0.106. The minimum absolute atomic E-state index is 0.132. The molecule has 0 radical (unpaired) electrons. The van der Waals surface area contributed by atoms with Gasteiger partial charge in [0.1, 0.15) is 0 Å². The third kappa shape index (κ3) is 6.18. The maximum absolute atomic E-state index is 11.0. The predicted molar refractivity (Wildman–Crippen MR) is 48.7 cm³/mol. The quantitative estimate of drug-likeness (QED) is 0.507. The second kappa shape index (κ2) is 6.51. The number of methoxy groups -OCH3 is 2. The fourth-order valence-corrected chi connectivity index (χ4v) is 1.65. The van der Waals surface area contributed by atoms with E-state index in [0.717, 1.165) is 0 Å². The Morgan fingerprint density at radius 2 is 1.85 bits per heavy atom. The lowest BCUT2D eigenvalue weighted by Gasteiger charge is -2.13. The van der Waals surface area contributed by atoms with Crippen LogP contribution in [0.1, 0.15) is 12.8 Å². The van der Waals surface area contributed by atoms with Gasteiger partial charge in [-0.1, -0.05) is 0 Å². The molecule has 6 heteroatoms. The van der Waals surface area contributed by atoms with Gasteiger partial charge in [-0.2, -0.15) is 0 Å². The van der Waals surface area contributed by atoms with Gasteiger partial charge in [-0.15, -0.1) is 0 Å². The van der Waals surface area contributed by atoms with Crippen molar-refractivity contribution in [2.24, 2.45) is 0 Å². The van der Waals surface area contributed by atoms with Crippen LogP contribution in [-0.4, -0.2) is 38.7 Å². The predicted octanol–water partition coefficient (Wildman–Crippen LogP) is 1.22. The molecule has 0 fully saturated rings. The summed E-state index contributed by atoms with van der Waals surface area (Å²) in [6, 6.07) is 0. The first kappa shape index (κ1) is 13.1. The van der Waals surface area contributed by atoms with Crippen LogP contribution in [-0.2, 0) is 18.6 Å². The maximum atomic E-state index is 11.0. The fourth-order valence-electron chi connectivity index (χ4n) is 0.881. The van der Waals surface area contributed by atoms with Crippen LogP contribution < -0.4 is 0 Å². The maximum Gasteiger partial charge on any atom is 0.327 e. The van der Waals surface area contributed by atoms with Crippen LogP contribution in [0, 0.1) is 0 Å². The summed E-state index contributed by atoms with van der Waals surface area (Å²) in [4.78, 5) is 9.03. The Balaban J connectivity index is 3.60. The van der Waals surface area contributed by atoms with Crippen molar-refractivity contribution in [2.75, 3.05) is 27.5 Å². The molecule has 13 heavy (non-hydrogen) atoms. The Labute approximate surface area is 78.5 Å². The van der Waals surface area contributed by atoms with Crippen molar-refractivity contribution < 1.29 is 23.5 Å². The molecule has 1 N–H and O–H groups in total. The van der Waals surface area contributed by atoms with Gasteiger partial charge in [-0.3, -0.25) is 4.57 Å². The van der Waals surface area contributed by atoms with Crippen LogP contribution in [0.25, 0.3) is 0 Å². The highest BCUT2D eigenvalue weighted by Crippen LogP contribution is 2.41. The molecule has 1 atom stereocenters. The second-order valence-electron chi connectivity index (χ2n) is 2.59. The summed E-state index contributed by atoms with van der Waals surface area (Å²) in [6.07, 6.45) is 0.943. The molecule has 0 amide bonds. The highest BCUT2D eigenvalue weighted by molar-refractivity contribution is 7.52. The van der Waals surface area contributed by atoms with Crippen LogP contribution in [0.15, 0.2) is 0 Å². The average molecular weight is 212 g/mol. The first-order valence-corrected chi connectivity index (χ1v) is 5.75. The van der Waals surface area contributed by atoms with Gasteiger partial charge in [0.05, 0.1) is 6.16 Å². The van der Waals surface area contributed by atoms with E-state index in [0.29, 0.717) is 12.8 Å². The van der Waals surface area contributed by atoms with Crippen LogP contribution in [0.5, 0.6) is 0 Å². The number of hydrogen-bond donors (Lipinski definition) is 1. The van der Waals surface area contributed by atoms with Crippen LogP contribution in [0.3, 0.4) is 0 Å². The molecule has 0 aliphatic rings. The third-order valence-corrected chi connectivity index (χ3v) is 3.14. The summed E-state index contributed by atoms with van der Waals surface area (Å²) in [7, 11) is 0.927. The molecular weight excluding hydrogens is 195 g/mol. The summed E-state index contributed by atoms with van der Waals surface area (Å²) >= 11 is 0. The van der Waals surface area contributed by atoms with Crippen LogP contribution in [0.4, 0.5) is 0 Å². The van der Waals surface area contributed by atoms with Gasteiger partial charge < -0.3 is 18.9 Å². The van der Waals surface area contributed by atoms with Crippen molar-refractivity contribution in [3.05, 3.63) is 0 Å². The van der Waals surface area contributed by atoms with Crippen molar-refractivity contribution in [1.82, 2.24) is 0 Å². The summed E-state index contributed by atoms with van der Waals surface area (Å²) in [5.41, 5.74) is 0. The lowest BCUT2D eigenvalue weighted by Crippen LogP contribution is -2.13. The minimum Gasteiger partial charge on any atom is -0.356 e. The summed E-state index contributed by atoms with van der Waals surface area (Å²) in [6.45, 7) is 0. The average Bonchev–Trinajstić information content (AvgIpc) is 2.12. The zero-order valence-electron chi connectivity index (χ0n) is 8.23. The van der Waals surface area contributed by atoms with E-state index in [-0.39, 0.29) is 12.5 Å². The van der Waals surface area contributed by atoms with E-state index in [1.54, 1.807) is 0 Å². The van der Waals surface area contributed by atoms with E-state index in [1.807, 2.05) is 0 Å². The third-order valence-electron chi connectivity index (χ3n) is 1.69. The largest absolute Gasteiger partial charge is 0.356 e. The molecular formula is C7H17O5P. The smallest absolute Gasteiger partial charge is 0.327 e. The zero-order valence-corrected chi connectivity index (χ0v) is 9.12. The number of hydrogen-bond acceptors (Lipinski definition) is 4. The molecule has 0 heterocycles. The van der Waals surface area contributed by atoms with Crippen molar-refractivity contribution in [2.45, 2.75) is 19.1 Å². The van der Waals surface area contributed by atoms with Gasteiger partial charge in [0.15, 0.2) is 6.29 Å². The molecule has 0 aromatic rings. The SMILES string of the molecule is COC(CCCP(=O)(O)OC)OC. The topological polar surface area (TPSA) is 65.0 Å². The van der Waals surface area contributed by atoms with Crippen molar-refractivity contribution in [3.63, 3.8) is 0 Å². The Hall–Kier alpha value is 0.0700. The first-order chi connectivity index (χ1) is 6.05. The van der Waals surface area contributed by atoms with Crippen molar-refractivity contribution in [1.29, 1.82) is 0 Å². The summed E-state index contributed by atoms with van der Waals surface area (Å²) in [5, 5.41) is 0. The molecule has 5 nitrogen and oxygen atoms in total. The van der Waals surface area contributed by atoms with E-state index in [9.17, 15) is 4.57 Å². The molecule has 0 bridgehead atoms. The lowest BCUT2D eigenvalue weighted by atomic mass is 10.3. The van der Waals surface area contributed by atoms with Gasteiger partial charge in [0.25, 0.3) is 0 Å². The zero-order chi connectivity index (χ0) is 10.3. The highest BCUT2D eigenvalue weighted by atomic mass is 31.2. The second-order valence-corrected chi connectivity index (χ2v) is 4.67. The Morgan fingerprint density at radius 1 is 1.31 bits per heavy atom. The molecule has 1 unspecified atom stereocenters. The van der Waals surface area contributed by atoms with Gasteiger partial charge in [0, 0.05) is 21.3 Å². The standard InChI is InChI=1S/C7H17O5P/c1-10-7(11-2)5-4-6-13(8,9)12-3/h7H,4-6H2,1-3H3,(H,8,9). The van der Waals surface area contributed by atoms with E-state index >= 15 is 0 Å². The molecule has 0 saturated heterocycles. The van der Waals surface area contributed by atoms with Gasteiger partial charge in [-0.05, 0) is 12.8 Å². The normalized spacial score (nSPS) is 16.1. The molecule has 0 saturated carbocycles. The Bertz CT molecular complexity index is 168. The molecule has 0 aromatic carbocycles. The van der Waals surface area contributed by atoms with E-state index in [2.05, 4.69) is 4.52 Å². The molecule has 0 spiro atoms. The van der Waals surface area contributed by atoms with Crippen LogP contribution in [0.2, 0.25) is 0 Å². The van der Waals surface area contributed by atoms with Crippen LogP contribution >= 0.6 is 7.60 Å². The Kier molecular flexibility index (Phi) is 6.55. The molecule has 0 aliphatic carbocycles. The van der Waals surface area contributed by atoms with E-state index in [4.69, 9.17) is 14.4 Å². The van der Waals surface area contributed by atoms with Gasteiger partial charge in [0.2, 0.25) is 0 Å². The van der Waals surface area contributed by atoms with Crippen molar-refractivity contribution >= 4 is 7.60 Å². The summed E-state index contributed by atoms with van der Waals surface area (Å²) < 4.78 is 25.2. The van der Waals surface area contributed by atoms with E-state index in [1.165, 1.54) is 21.3 Å². The molecule has 0 aliphatic heterocycles. The van der Waals surface area contributed by atoms with E-state index < -0.39 is 7.60 Å². The van der Waals surface area contributed by atoms with Crippen molar-refractivity contribution in [3.8, 4) is 0 Å². The van der Waals surface area contributed by atoms with Gasteiger partial charge in [-0.25, -0.2) is 0 Å². The number of ether oxygens (including phenoxy) is 2. The summed E-state index contributed by atoms with van der Waals surface area (Å²) in [5.74, 6) is 0. The fraction of sp³-hybridized carbons (Fsp3) is 1.00. The molecule has 80 valence electrons. The Morgan fingerprint density at radius 3 is 2.23 bits per heavy atom. The highest BCUT2D eigenvalue weighted by Gasteiger charge is 2.17. The molecule has 0 rings (SSSR count). The minimum atomic E-state index is -3.36. The molecule has 0 aromatic heterocycles. The first-order valence-electron chi connectivity index (χ1n) is 3.99. The van der Waals surface area contributed by atoms with Gasteiger partial charge >= 0.3 is 7.60 Å². The number of rotatable bonds is 7. The monoisotopic (exact) mass is 212 g/mol.